The zero-order chi connectivity index (χ0) is 21.3. The Labute approximate surface area is 167 Å². The number of hydrogen-bond donors (Lipinski definition) is 0. The molecule has 29 heavy (non-hydrogen) atoms. The second-order valence-electron chi connectivity index (χ2n) is 6.88. The van der Waals surface area contributed by atoms with Gasteiger partial charge >= 0.3 is 5.97 Å². The topological polar surface area (TPSA) is 107 Å². The number of Topliss-reactive ketones (excluding diaryl/α,β-unsaturated/α-hetero) is 1. The number of esters is 1. The van der Waals surface area contributed by atoms with Crippen molar-refractivity contribution in [1.29, 1.82) is 0 Å². The molecule has 1 heterocycles. The van der Waals surface area contributed by atoms with Crippen molar-refractivity contribution >= 4 is 29.0 Å². The van der Waals surface area contributed by atoms with Gasteiger partial charge in [0.1, 0.15) is 0 Å². The Morgan fingerprint density at radius 2 is 1.93 bits per heavy atom. The van der Waals surface area contributed by atoms with Gasteiger partial charge in [-0.05, 0) is 50.1 Å². The van der Waals surface area contributed by atoms with Crippen molar-refractivity contribution in [1.82, 2.24) is 0 Å². The molecule has 0 N–H and O–H groups in total. The lowest BCUT2D eigenvalue weighted by Gasteiger charge is -2.16. The van der Waals surface area contributed by atoms with E-state index in [1.165, 1.54) is 39.0 Å². The van der Waals surface area contributed by atoms with E-state index in [-0.39, 0.29) is 28.5 Å². The Balaban J connectivity index is 1.77. The van der Waals surface area contributed by atoms with Gasteiger partial charge < -0.3 is 9.64 Å². The van der Waals surface area contributed by atoms with Gasteiger partial charge in [0.2, 0.25) is 11.7 Å². The van der Waals surface area contributed by atoms with Crippen molar-refractivity contribution in [2.75, 3.05) is 11.4 Å². The summed E-state index contributed by atoms with van der Waals surface area (Å²) in [5.41, 5.74) is 2.09. The standard InChI is InChI=1S/C21H20N2O6/c1-12-17(5-4-6-18(12)23(27)28)21(26)29-13(2)20(25)16-7-8-19-15(11-16)9-10-22(19)14(3)24/h4-8,11,13H,9-10H2,1-3H3/t13-/m1/s1. The summed E-state index contributed by atoms with van der Waals surface area (Å²) in [6.45, 7) is 4.98. The van der Waals surface area contributed by atoms with Gasteiger partial charge in [0.25, 0.3) is 5.69 Å². The Bertz CT molecular complexity index is 1030. The van der Waals surface area contributed by atoms with Crippen LogP contribution in [-0.2, 0) is 16.0 Å². The van der Waals surface area contributed by atoms with E-state index < -0.39 is 17.0 Å². The molecule has 8 nitrogen and oxygen atoms in total. The maximum Gasteiger partial charge on any atom is 0.339 e. The number of ether oxygens (including phenoxy) is 1. The van der Waals surface area contributed by atoms with Crippen LogP contribution in [0.15, 0.2) is 36.4 Å². The number of ketones is 1. The smallest absolute Gasteiger partial charge is 0.339 e. The molecule has 150 valence electrons. The Morgan fingerprint density at radius 3 is 2.59 bits per heavy atom. The maximum atomic E-state index is 12.7. The summed E-state index contributed by atoms with van der Waals surface area (Å²) in [5.74, 6) is -1.24. The average Bonchev–Trinajstić information content (AvgIpc) is 3.10. The van der Waals surface area contributed by atoms with Gasteiger partial charge in [-0.3, -0.25) is 19.7 Å². The van der Waals surface area contributed by atoms with E-state index in [9.17, 15) is 24.5 Å². The summed E-state index contributed by atoms with van der Waals surface area (Å²) in [4.78, 5) is 48.9. The fourth-order valence-electron chi connectivity index (χ4n) is 3.44. The molecule has 0 saturated carbocycles. The summed E-state index contributed by atoms with van der Waals surface area (Å²) in [5, 5.41) is 11.0. The molecule has 0 bridgehead atoms. The van der Waals surface area contributed by atoms with E-state index >= 15 is 0 Å². The summed E-state index contributed by atoms with van der Waals surface area (Å²) < 4.78 is 5.27. The SMILES string of the molecule is CC(=O)N1CCc2cc(C(=O)[C@@H](C)OC(=O)c3cccc([N+](=O)[O-])c3C)ccc21. The van der Waals surface area contributed by atoms with Crippen molar-refractivity contribution in [3.63, 3.8) is 0 Å². The molecule has 0 unspecified atom stereocenters. The van der Waals surface area contributed by atoms with Crippen LogP contribution in [0.5, 0.6) is 0 Å². The van der Waals surface area contributed by atoms with Crippen LogP contribution in [0.3, 0.4) is 0 Å². The number of rotatable bonds is 5. The minimum absolute atomic E-state index is 0.0462. The number of anilines is 1. The van der Waals surface area contributed by atoms with Crippen molar-refractivity contribution in [2.24, 2.45) is 0 Å². The van der Waals surface area contributed by atoms with Crippen molar-refractivity contribution in [2.45, 2.75) is 33.3 Å². The first-order chi connectivity index (χ1) is 13.7. The summed E-state index contributed by atoms with van der Waals surface area (Å²) in [6, 6.07) is 9.16. The number of nitrogens with zero attached hydrogens (tertiary/aromatic N) is 2. The first-order valence-electron chi connectivity index (χ1n) is 9.11. The second-order valence-corrected chi connectivity index (χ2v) is 6.88. The third-order valence-electron chi connectivity index (χ3n) is 5.01. The summed E-state index contributed by atoms with van der Waals surface area (Å²) >= 11 is 0. The van der Waals surface area contributed by atoms with Gasteiger partial charge in [-0.15, -0.1) is 0 Å². The van der Waals surface area contributed by atoms with E-state index in [1.54, 1.807) is 23.1 Å². The molecule has 0 saturated heterocycles. The Kier molecular flexibility index (Phi) is 5.45. The first kappa shape index (κ1) is 20.2. The van der Waals surface area contributed by atoms with Crippen LogP contribution >= 0.6 is 0 Å². The highest BCUT2D eigenvalue weighted by Gasteiger charge is 2.27. The summed E-state index contributed by atoms with van der Waals surface area (Å²) in [6.07, 6.45) is -0.415. The predicted octanol–water partition coefficient (Wildman–Crippen LogP) is 3.24. The number of nitro groups is 1. The number of carbonyl (C=O) groups is 3. The van der Waals surface area contributed by atoms with E-state index in [2.05, 4.69) is 0 Å². The fourth-order valence-corrected chi connectivity index (χ4v) is 3.44. The van der Waals surface area contributed by atoms with Crippen molar-refractivity contribution in [3.8, 4) is 0 Å². The molecule has 2 aromatic carbocycles. The molecule has 0 spiro atoms. The number of nitro benzene ring substituents is 1. The molecule has 1 atom stereocenters. The van der Waals surface area contributed by atoms with Crippen LogP contribution in [-0.4, -0.2) is 35.2 Å². The predicted molar refractivity (Wildman–Crippen MR) is 105 cm³/mol. The first-order valence-corrected chi connectivity index (χ1v) is 9.11. The Morgan fingerprint density at radius 1 is 1.21 bits per heavy atom. The molecular weight excluding hydrogens is 376 g/mol. The molecule has 0 aliphatic carbocycles. The third kappa shape index (κ3) is 3.87. The van der Waals surface area contributed by atoms with Crippen molar-refractivity contribution < 1.29 is 24.0 Å². The van der Waals surface area contributed by atoms with Crippen LogP contribution < -0.4 is 4.90 Å². The number of hydrogen-bond acceptors (Lipinski definition) is 6. The van der Waals surface area contributed by atoms with Gasteiger partial charge in [0.15, 0.2) is 6.10 Å². The van der Waals surface area contributed by atoms with E-state index in [0.29, 0.717) is 18.5 Å². The fraction of sp³-hybridized carbons (Fsp3) is 0.286. The van der Waals surface area contributed by atoms with Crippen molar-refractivity contribution in [3.05, 3.63) is 68.8 Å². The Hall–Kier alpha value is -3.55. The van der Waals surface area contributed by atoms with E-state index in [0.717, 1.165) is 11.3 Å². The van der Waals surface area contributed by atoms with Crippen LogP contribution in [0.2, 0.25) is 0 Å². The average molecular weight is 396 g/mol. The third-order valence-corrected chi connectivity index (χ3v) is 5.01. The van der Waals surface area contributed by atoms with Gasteiger partial charge in [0, 0.05) is 36.3 Å². The largest absolute Gasteiger partial charge is 0.451 e. The highest BCUT2D eigenvalue weighted by molar-refractivity contribution is 6.03. The minimum atomic E-state index is -1.07. The lowest BCUT2D eigenvalue weighted by Crippen LogP contribution is -2.26. The monoisotopic (exact) mass is 396 g/mol. The van der Waals surface area contributed by atoms with Crippen LogP contribution in [0.25, 0.3) is 0 Å². The number of benzene rings is 2. The second kappa shape index (κ2) is 7.83. The molecule has 1 amide bonds. The van der Waals surface area contributed by atoms with Crippen LogP contribution in [0, 0.1) is 17.0 Å². The van der Waals surface area contributed by atoms with Crippen LogP contribution in [0.1, 0.15) is 45.7 Å². The molecule has 8 heteroatoms. The van der Waals surface area contributed by atoms with Gasteiger partial charge in [0.05, 0.1) is 10.5 Å². The number of fused-ring (bicyclic) bond motifs is 1. The molecule has 1 aliphatic rings. The molecular formula is C21H20N2O6. The van der Waals surface area contributed by atoms with E-state index in [1.807, 2.05) is 0 Å². The molecule has 0 radical (unpaired) electrons. The molecule has 2 aromatic rings. The minimum Gasteiger partial charge on any atom is -0.451 e. The highest BCUT2D eigenvalue weighted by atomic mass is 16.6. The van der Waals surface area contributed by atoms with E-state index in [4.69, 9.17) is 4.74 Å². The quantitative estimate of drug-likeness (QED) is 0.332. The normalized spacial score (nSPS) is 13.6. The maximum absolute atomic E-state index is 12.7. The van der Waals surface area contributed by atoms with Gasteiger partial charge in [-0.2, -0.15) is 0 Å². The molecule has 1 aliphatic heterocycles. The molecule has 3 rings (SSSR count). The van der Waals surface area contributed by atoms with Crippen LogP contribution in [0.4, 0.5) is 11.4 Å². The zero-order valence-corrected chi connectivity index (χ0v) is 16.3. The molecule has 0 aromatic heterocycles. The highest BCUT2D eigenvalue weighted by Crippen LogP contribution is 2.29. The molecule has 0 fully saturated rings. The van der Waals surface area contributed by atoms with Gasteiger partial charge in [-0.1, -0.05) is 6.07 Å². The zero-order valence-electron chi connectivity index (χ0n) is 16.3. The number of carbonyl (C=O) groups excluding carboxylic acids is 3. The summed E-state index contributed by atoms with van der Waals surface area (Å²) in [7, 11) is 0. The lowest BCUT2D eigenvalue weighted by molar-refractivity contribution is -0.385. The lowest BCUT2D eigenvalue weighted by atomic mass is 10.0. The number of amides is 1. The van der Waals surface area contributed by atoms with Gasteiger partial charge in [-0.25, -0.2) is 4.79 Å².